The molecule has 1 fully saturated rings. The van der Waals surface area contributed by atoms with E-state index in [9.17, 15) is 13.2 Å². The molecule has 1 aliphatic rings. The van der Waals surface area contributed by atoms with E-state index >= 15 is 0 Å². The van der Waals surface area contributed by atoms with Gasteiger partial charge in [-0.2, -0.15) is 4.98 Å². The number of rotatable bonds is 6. The number of nitrogens with zero attached hydrogens (tertiary/aromatic N) is 5. The normalized spacial score (nSPS) is 15.8. The number of anilines is 1. The third kappa shape index (κ3) is 3.25. The Morgan fingerprint density at radius 2 is 2.07 bits per heavy atom. The van der Waals surface area contributed by atoms with Crippen LogP contribution in [-0.2, 0) is 6.54 Å². The van der Waals surface area contributed by atoms with Crippen molar-refractivity contribution in [3.63, 3.8) is 0 Å². The summed E-state index contributed by atoms with van der Waals surface area (Å²) in [4.78, 5) is 20.7. The van der Waals surface area contributed by atoms with Crippen LogP contribution < -0.4 is 5.32 Å². The number of hydrogen-bond donors (Lipinski definition) is 2. The topological polar surface area (TPSA) is 84.3 Å². The van der Waals surface area contributed by atoms with E-state index < -0.39 is 18.6 Å². The van der Waals surface area contributed by atoms with Crippen molar-refractivity contribution < 1.29 is 13.2 Å². The highest BCUT2D eigenvalue weighted by atomic mass is 19.3. The molecule has 2 N–H and O–H groups in total. The molecule has 0 aliphatic heterocycles. The van der Waals surface area contributed by atoms with Gasteiger partial charge in [0.1, 0.15) is 22.7 Å². The molecule has 0 amide bonds. The van der Waals surface area contributed by atoms with Crippen molar-refractivity contribution in [2.75, 3.05) is 11.9 Å². The average Bonchev–Trinajstić information content (AvgIpc) is 3.25. The van der Waals surface area contributed by atoms with Crippen molar-refractivity contribution in [3.8, 4) is 11.3 Å². The summed E-state index contributed by atoms with van der Waals surface area (Å²) in [6.07, 6.45) is 2.93. The molecule has 10 heteroatoms. The Labute approximate surface area is 169 Å². The first-order valence-corrected chi connectivity index (χ1v) is 9.81. The number of halogens is 3. The van der Waals surface area contributed by atoms with Gasteiger partial charge in [0.25, 0.3) is 6.43 Å². The Bertz CT molecular complexity index is 1230. The molecular weight excluding hydrogens is 395 g/mol. The number of aryl methyl sites for hydroxylation is 1. The molecule has 0 radical (unpaired) electrons. The van der Waals surface area contributed by atoms with E-state index in [0.717, 1.165) is 17.4 Å². The number of pyridine rings is 1. The minimum atomic E-state index is -2.50. The summed E-state index contributed by atoms with van der Waals surface area (Å²) in [6, 6.07) is 3.56. The second-order valence-electron chi connectivity index (χ2n) is 7.72. The lowest BCUT2D eigenvalue weighted by molar-refractivity contribution is 0.0782. The minimum absolute atomic E-state index is 0.192. The minimum Gasteiger partial charge on any atom is -0.351 e. The monoisotopic (exact) mass is 415 g/mol. The molecule has 0 bridgehead atoms. The molecule has 0 aromatic carbocycles. The lowest BCUT2D eigenvalue weighted by Gasteiger charge is -2.33. The van der Waals surface area contributed by atoms with Crippen molar-refractivity contribution in [2.24, 2.45) is 0 Å². The Balaban J connectivity index is 1.47. The number of imidazole rings is 1. The van der Waals surface area contributed by atoms with Gasteiger partial charge >= 0.3 is 0 Å². The highest BCUT2D eigenvalue weighted by molar-refractivity contribution is 5.93. The van der Waals surface area contributed by atoms with Gasteiger partial charge in [0.05, 0.1) is 18.8 Å². The van der Waals surface area contributed by atoms with Crippen LogP contribution in [-0.4, -0.2) is 48.1 Å². The fraction of sp³-hybridized carbons (Fsp3) is 0.400. The zero-order valence-electron chi connectivity index (χ0n) is 16.3. The fourth-order valence-corrected chi connectivity index (χ4v) is 3.80. The summed E-state index contributed by atoms with van der Waals surface area (Å²) in [5.41, 5.74) is 1.75. The first kappa shape index (κ1) is 18.8. The Hall–Kier alpha value is -3.17. The van der Waals surface area contributed by atoms with E-state index in [4.69, 9.17) is 0 Å². The van der Waals surface area contributed by atoms with Gasteiger partial charge in [-0.1, -0.05) is 0 Å². The summed E-state index contributed by atoms with van der Waals surface area (Å²) in [5.74, 6) is 0.846. The first-order chi connectivity index (χ1) is 14.4. The van der Waals surface area contributed by atoms with Gasteiger partial charge in [0.2, 0.25) is 5.95 Å². The van der Waals surface area contributed by atoms with Gasteiger partial charge < -0.3 is 14.9 Å². The van der Waals surface area contributed by atoms with Crippen LogP contribution in [0.4, 0.5) is 19.1 Å². The maximum Gasteiger partial charge on any atom is 0.256 e. The third-order valence-corrected chi connectivity index (χ3v) is 5.62. The third-order valence-electron chi connectivity index (χ3n) is 5.62. The molecule has 0 spiro atoms. The molecule has 4 heterocycles. The van der Waals surface area contributed by atoms with Crippen molar-refractivity contribution in [1.82, 2.24) is 29.5 Å². The smallest absolute Gasteiger partial charge is 0.256 e. The van der Waals surface area contributed by atoms with Gasteiger partial charge in [-0.05, 0) is 38.3 Å². The lowest BCUT2D eigenvalue weighted by Crippen LogP contribution is -2.39. The van der Waals surface area contributed by atoms with Crippen LogP contribution in [0.2, 0.25) is 0 Å². The predicted octanol–water partition coefficient (Wildman–Crippen LogP) is 4.25. The second kappa shape index (κ2) is 6.96. The SMILES string of the molecule is Cc1nc2ccc(-c3c[nH]c4nc(NCC5(F)CCC5)ncc34)nc2n1CC(F)F. The standard InChI is InChI=1S/C20H20F3N7/c1-11-27-15-4-3-14(28-18(15)30(11)9-16(21)22)12-7-24-17-13(12)8-25-19(29-17)26-10-20(23)5-2-6-20/h3-4,7-8,16H,2,5-6,9-10H2,1H3,(H2,24,25,26,29). The summed E-state index contributed by atoms with van der Waals surface area (Å²) < 4.78 is 41.5. The lowest BCUT2D eigenvalue weighted by atomic mass is 9.82. The zero-order chi connectivity index (χ0) is 20.9. The maximum atomic E-state index is 14.2. The number of alkyl halides is 3. The van der Waals surface area contributed by atoms with Crippen LogP contribution in [0.1, 0.15) is 25.1 Å². The summed E-state index contributed by atoms with van der Waals surface area (Å²) in [5, 5.41) is 3.70. The zero-order valence-corrected chi connectivity index (χ0v) is 16.3. The maximum absolute atomic E-state index is 14.2. The largest absolute Gasteiger partial charge is 0.351 e. The Morgan fingerprint density at radius 3 is 2.80 bits per heavy atom. The number of aromatic nitrogens is 6. The van der Waals surface area contributed by atoms with E-state index in [1.165, 1.54) is 4.57 Å². The molecule has 1 aliphatic carbocycles. The highest BCUT2D eigenvalue weighted by Crippen LogP contribution is 2.35. The van der Waals surface area contributed by atoms with Gasteiger partial charge in [-0.15, -0.1) is 0 Å². The summed E-state index contributed by atoms with van der Waals surface area (Å²) in [7, 11) is 0. The number of hydrogen-bond acceptors (Lipinski definition) is 5. The Kier molecular flexibility index (Phi) is 4.37. The molecule has 0 atom stereocenters. The molecule has 4 aromatic rings. The van der Waals surface area contributed by atoms with E-state index in [1.54, 1.807) is 31.5 Å². The number of aromatic amines is 1. The van der Waals surface area contributed by atoms with Gasteiger partial charge in [-0.25, -0.2) is 28.1 Å². The quantitative estimate of drug-likeness (QED) is 0.492. The first-order valence-electron chi connectivity index (χ1n) is 9.81. The van der Waals surface area contributed by atoms with Crippen LogP contribution in [0, 0.1) is 6.92 Å². The molecule has 4 aromatic heterocycles. The van der Waals surface area contributed by atoms with Crippen molar-refractivity contribution in [2.45, 2.75) is 44.8 Å². The fourth-order valence-electron chi connectivity index (χ4n) is 3.80. The van der Waals surface area contributed by atoms with Crippen LogP contribution in [0.3, 0.4) is 0 Å². The van der Waals surface area contributed by atoms with E-state index in [-0.39, 0.29) is 6.54 Å². The average molecular weight is 415 g/mol. The van der Waals surface area contributed by atoms with Crippen LogP contribution in [0.15, 0.2) is 24.5 Å². The molecule has 7 nitrogen and oxygen atoms in total. The molecule has 1 saturated carbocycles. The van der Waals surface area contributed by atoms with E-state index in [0.29, 0.717) is 47.1 Å². The molecule has 156 valence electrons. The second-order valence-corrected chi connectivity index (χ2v) is 7.72. The molecule has 0 saturated heterocycles. The van der Waals surface area contributed by atoms with E-state index in [1.807, 2.05) is 0 Å². The summed E-state index contributed by atoms with van der Waals surface area (Å²) in [6.45, 7) is 1.42. The number of H-pyrrole nitrogens is 1. The summed E-state index contributed by atoms with van der Waals surface area (Å²) >= 11 is 0. The predicted molar refractivity (Wildman–Crippen MR) is 107 cm³/mol. The Morgan fingerprint density at radius 1 is 1.23 bits per heavy atom. The number of fused-ring (bicyclic) bond motifs is 2. The van der Waals surface area contributed by atoms with Crippen molar-refractivity contribution in [3.05, 3.63) is 30.4 Å². The van der Waals surface area contributed by atoms with Crippen molar-refractivity contribution in [1.29, 1.82) is 0 Å². The molecular formula is C20H20F3N7. The molecule has 30 heavy (non-hydrogen) atoms. The number of nitrogens with one attached hydrogen (secondary N) is 2. The molecule has 5 rings (SSSR count). The van der Waals surface area contributed by atoms with Gasteiger partial charge in [-0.3, -0.25) is 0 Å². The van der Waals surface area contributed by atoms with Crippen LogP contribution >= 0.6 is 0 Å². The van der Waals surface area contributed by atoms with Crippen LogP contribution in [0.25, 0.3) is 33.5 Å². The van der Waals surface area contributed by atoms with Gasteiger partial charge in [0.15, 0.2) is 5.65 Å². The molecule has 0 unspecified atom stereocenters. The highest BCUT2D eigenvalue weighted by Gasteiger charge is 2.36. The van der Waals surface area contributed by atoms with Crippen LogP contribution in [0.5, 0.6) is 0 Å². The van der Waals surface area contributed by atoms with Gasteiger partial charge in [0, 0.05) is 23.3 Å². The van der Waals surface area contributed by atoms with E-state index in [2.05, 4.69) is 30.2 Å². The van der Waals surface area contributed by atoms with Crippen molar-refractivity contribution >= 4 is 28.1 Å².